The molecule has 1 N–H and O–H groups in total. The number of benzene rings is 1. The molecule has 0 radical (unpaired) electrons. The highest BCUT2D eigenvalue weighted by Crippen LogP contribution is 2.19. The molecule has 0 aliphatic carbocycles. The van der Waals surface area contributed by atoms with Crippen LogP contribution in [-0.4, -0.2) is 93.0 Å². The molecule has 0 spiro atoms. The summed E-state index contributed by atoms with van der Waals surface area (Å²) in [6.45, 7) is 6.93. The molecule has 7 nitrogen and oxygen atoms in total. The number of rotatable bonds is 2. The number of nitrogens with zero attached hydrogens (tertiary/aromatic N) is 4. The Morgan fingerprint density at radius 3 is 1.88 bits per heavy atom. The maximum Gasteiger partial charge on any atom is 0.313 e. The van der Waals surface area contributed by atoms with Gasteiger partial charge in [-0.05, 0) is 38.4 Å². The summed E-state index contributed by atoms with van der Waals surface area (Å²) in [5.41, 5.74) is 1.81. The van der Waals surface area contributed by atoms with Gasteiger partial charge in [0.05, 0.1) is 0 Å². The first-order chi connectivity index (χ1) is 12.0. The first-order valence-corrected chi connectivity index (χ1v) is 8.85. The lowest BCUT2D eigenvalue weighted by Gasteiger charge is -2.34. The van der Waals surface area contributed by atoms with Gasteiger partial charge in [0.1, 0.15) is 0 Å². The number of carbonyl (C=O) groups excluding carboxylic acids is 2. The average molecular weight is 345 g/mol. The molecule has 2 fully saturated rings. The van der Waals surface area contributed by atoms with Gasteiger partial charge in [0.15, 0.2) is 0 Å². The van der Waals surface area contributed by atoms with Gasteiger partial charge in [-0.1, -0.05) is 0 Å². The van der Waals surface area contributed by atoms with Crippen molar-refractivity contribution in [3.63, 3.8) is 0 Å². The van der Waals surface area contributed by atoms with Crippen molar-refractivity contribution in [3.8, 4) is 0 Å². The number of carbonyl (C=O) groups is 2. The Morgan fingerprint density at radius 2 is 1.32 bits per heavy atom. The zero-order valence-corrected chi connectivity index (χ0v) is 15.1. The average Bonchev–Trinajstić information content (AvgIpc) is 2.63. The third kappa shape index (κ3) is 4.49. The molecular weight excluding hydrogens is 318 g/mol. The second kappa shape index (κ2) is 7.84. The molecule has 136 valence electrons. The fourth-order valence-electron chi connectivity index (χ4n) is 3.16. The SMILES string of the molecule is CN1CCN(C(=O)C(=O)Nc2ccc(N3CCN(C)CC3)cc2)CC1. The highest BCUT2D eigenvalue weighted by molar-refractivity contribution is 6.39. The topological polar surface area (TPSA) is 59.1 Å². The number of hydrogen-bond acceptors (Lipinski definition) is 5. The van der Waals surface area contributed by atoms with Gasteiger partial charge in [-0.15, -0.1) is 0 Å². The van der Waals surface area contributed by atoms with Gasteiger partial charge >= 0.3 is 11.8 Å². The number of piperazine rings is 2. The predicted molar refractivity (Wildman–Crippen MR) is 98.9 cm³/mol. The second-order valence-electron chi connectivity index (χ2n) is 6.89. The number of hydrogen-bond donors (Lipinski definition) is 1. The summed E-state index contributed by atoms with van der Waals surface area (Å²) in [4.78, 5) is 32.8. The molecule has 1 aromatic carbocycles. The quantitative estimate of drug-likeness (QED) is 0.774. The normalized spacial score (nSPS) is 19.8. The van der Waals surface area contributed by atoms with Gasteiger partial charge in [-0.25, -0.2) is 0 Å². The molecule has 0 atom stereocenters. The lowest BCUT2D eigenvalue weighted by Crippen LogP contribution is -2.50. The maximum absolute atomic E-state index is 12.2. The number of nitrogens with one attached hydrogen (secondary N) is 1. The Labute approximate surface area is 149 Å². The predicted octanol–water partition coefficient (Wildman–Crippen LogP) is 0.151. The van der Waals surface area contributed by atoms with E-state index in [0.717, 1.165) is 45.0 Å². The molecule has 3 rings (SSSR count). The number of amides is 2. The fourth-order valence-corrected chi connectivity index (χ4v) is 3.16. The molecule has 0 bridgehead atoms. The Morgan fingerprint density at radius 1 is 0.800 bits per heavy atom. The first kappa shape index (κ1) is 17.7. The van der Waals surface area contributed by atoms with Crippen LogP contribution in [0.2, 0.25) is 0 Å². The van der Waals surface area contributed by atoms with Gasteiger partial charge in [0.2, 0.25) is 0 Å². The minimum atomic E-state index is -0.558. The Balaban J connectivity index is 1.54. The lowest BCUT2D eigenvalue weighted by atomic mass is 10.2. The van der Waals surface area contributed by atoms with Crippen molar-refractivity contribution in [3.05, 3.63) is 24.3 Å². The van der Waals surface area contributed by atoms with Crippen molar-refractivity contribution in [1.29, 1.82) is 0 Å². The molecule has 25 heavy (non-hydrogen) atoms. The zero-order chi connectivity index (χ0) is 17.8. The lowest BCUT2D eigenvalue weighted by molar-refractivity contribution is -0.144. The van der Waals surface area contributed by atoms with E-state index in [2.05, 4.69) is 27.1 Å². The van der Waals surface area contributed by atoms with E-state index in [4.69, 9.17) is 0 Å². The summed E-state index contributed by atoms with van der Waals surface area (Å²) in [7, 11) is 4.15. The van der Waals surface area contributed by atoms with Crippen molar-refractivity contribution in [1.82, 2.24) is 14.7 Å². The molecule has 1 aromatic rings. The van der Waals surface area contributed by atoms with Gasteiger partial charge in [-0.2, -0.15) is 0 Å². The molecule has 2 aliphatic rings. The molecule has 0 unspecified atom stereocenters. The summed E-state index contributed by atoms with van der Waals surface area (Å²) in [6.07, 6.45) is 0. The molecule has 0 aromatic heterocycles. The smallest absolute Gasteiger partial charge is 0.313 e. The van der Waals surface area contributed by atoms with Gasteiger partial charge in [-0.3, -0.25) is 9.59 Å². The standard InChI is InChI=1S/C18H27N5O2/c1-20-7-11-22(12-8-20)16-5-3-15(4-6-16)19-17(24)18(25)23-13-9-21(2)10-14-23/h3-6H,7-14H2,1-2H3,(H,19,24). The van der Waals surface area contributed by atoms with E-state index >= 15 is 0 Å². The van der Waals surface area contributed by atoms with Crippen molar-refractivity contribution in [2.75, 3.05) is 76.7 Å². The monoisotopic (exact) mass is 345 g/mol. The van der Waals surface area contributed by atoms with Crippen LogP contribution in [0.4, 0.5) is 11.4 Å². The van der Waals surface area contributed by atoms with Crippen molar-refractivity contribution in [2.45, 2.75) is 0 Å². The van der Waals surface area contributed by atoms with E-state index in [0.29, 0.717) is 18.8 Å². The van der Waals surface area contributed by atoms with Crippen LogP contribution in [0.5, 0.6) is 0 Å². The number of anilines is 2. The molecule has 0 saturated carbocycles. The van der Waals surface area contributed by atoms with Gasteiger partial charge in [0.25, 0.3) is 0 Å². The molecular formula is C18H27N5O2. The minimum Gasteiger partial charge on any atom is -0.369 e. The van der Waals surface area contributed by atoms with Gasteiger partial charge in [0, 0.05) is 63.7 Å². The molecule has 2 amide bonds. The number of likely N-dealkylation sites (N-methyl/N-ethyl adjacent to an activating group) is 2. The Hall–Kier alpha value is -2.12. The molecule has 2 aliphatic heterocycles. The van der Waals surface area contributed by atoms with Crippen molar-refractivity contribution >= 4 is 23.2 Å². The van der Waals surface area contributed by atoms with Crippen LogP contribution in [0.15, 0.2) is 24.3 Å². The van der Waals surface area contributed by atoms with Gasteiger partial charge < -0.3 is 24.9 Å². The highest BCUT2D eigenvalue weighted by Gasteiger charge is 2.25. The maximum atomic E-state index is 12.2. The van der Waals surface area contributed by atoms with E-state index in [1.54, 1.807) is 4.90 Å². The summed E-state index contributed by atoms with van der Waals surface area (Å²) in [5.74, 6) is -1.01. The van der Waals surface area contributed by atoms with Crippen LogP contribution >= 0.6 is 0 Å². The van der Waals surface area contributed by atoms with Crippen LogP contribution < -0.4 is 10.2 Å². The molecule has 2 saturated heterocycles. The minimum absolute atomic E-state index is 0.448. The van der Waals surface area contributed by atoms with E-state index in [1.165, 1.54) is 0 Å². The van der Waals surface area contributed by atoms with Crippen LogP contribution in [0.1, 0.15) is 0 Å². The van der Waals surface area contributed by atoms with Crippen molar-refractivity contribution < 1.29 is 9.59 Å². The van der Waals surface area contributed by atoms with E-state index in [9.17, 15) is 9.59 Å². The van der Waals surface area contributed by atoms with E-state index < -0.39 is 11.8 Å². The Bertz CT molecular complexity index is 602. The summed E-state index contributed by atoms with van der Waals surface area (Å²) in [5, 5.41) is 2.72. The third-order valence-electron chi connectivity index (χ3n) is 4.98. The largest absolute Gasteiger partial charge is 0.369 e. The zero-order valence-electron chi connectivity index (χ0n) is 15.1. The van der Waals surface area contributed by atoms with Crippen LogP contribution in [0.3, 0.4) is 0 Å². The van der Waals surface area contributed by atoms with E-state index in [1.807, 2.05) is 31.3 Å². The highest BCUT2D eigenvalue weighted by atomic mass is 16.2. The molecule has 7 heteroatoms. The van der Waals surface area contributed by atoms with Crippen LogP contribution in [0.25, 0.3) is 0 Å². The summed E-state index contributed by atoms with van der Waals surface area (Å²) < 4.78 is 0. The van der Waals surface area contributed by atoms with Crippen molar-refractivity contribution in [2.24, 2.45) is 0 Å². The first-order valence-electron chi connectivity index (χ1n) is 8.85. The summed E-state index contributed by atoms with van der Waals surface area (Å²) >= 11 is 0. The molecule has 2 heterocycles. The third-order valence-corrected chi connectivity index (χ3v) is 4.98. The van der Waals surface area contributed by atoms with Crippen LogP contribution in [-0.2, 0) is 9.59 Å². The Kier molecular flexibility index (Phi) is 5.55. The fraction of sp³-hybridized carbons (Fsp3) is 0.556. The van der Waals surface area contributed by atoms with E-state index in [-0.39, 0.29) is 0 Å². The summed E-state index contributed by atoms with van der Waals surface area (Å²) in [6, 6.07) is 7.73. The van der Waals surface area contributed by atoms with Crippen LogP contribution in [0, 0.1) is 0 Å². The second-order valence-corrected chi connectivity index (χ2v) is 6.89.